The van der Waals surface area contributed by atoms with Crippen LogP contribution >= 0.6 is 0 Å². The lowest BCUT2D eigenvalue weighted by molar-refractivity contribution is -0.140. The summed E-state index contributed by atoms with van der Waals surface area (Å²) in [6.45, 7) is 7.24. The molecule has 0 unspecified atom stereocenters. The molecule has 5 nitrogen and oxygen atoms in total. The van der Waals surface area contributed by atoms with Crippen LogP contribution in [0.25, 0.3) is 5.69 Å². The van der Waals surface area contributed by atoms with E-state index in [0.29, 0.717) is 18.7 Å². The van der Waals surface area contributed by atoms with Crippen molar-refractivity contribution in [2.45, 2.75) is 39.7 Å². The number of rotatable bonds is 3. The molecule has 138 valence electrons. The first-order valence-corrected chi connectivity index (χ1v) is 9.18. The van der Waals surface area contributed by atoms with Crippen molar-refractivity contribution in [2.75, 3.05) is 13.1 Å². The van der Waals surface area contributed by atoms with Crippen molar-refractivity contribution in [1.29, 1.82) is 0 Å². The number of aromatic nitrogens is 1. The molecule has 1 aromatic heterocycles. The highest BCUT2D eigenvalue weighted by Crippen LogP contribution is 2.21. The second-order valence-corrected chi connectivity index (χ2v) is 7.93. The average Bonchev–Trinajstić information content (AvgIpc) is 3.16. The van der Waals surface area contributed by atoms with Crippen LogP contribution < -0.4 is 5.32 Å². The molecule has 1 saturated heterocycles. The molecule has 0 spiro atoms. The Balaban J connectivity index is 1.54. The molecule has 1 fully saturated rings. The zero-order valence-corrected chi connectivity index (χ0v) is 15.7. The zero-order chi connectivity index (χ0) is 18.7. The van der Waals surface area contributed by atoms with Gasteiger partial charge in [0.15, 0.2) is 0 Å². The van der Waals surface area contributed by atoms with Crippen LogP contribution in [0.4, 0.5) is 0 Å². The molecule has 5 heteroatoms. The van der Waals surface area contributed by atoms with Crippen LogP contribution in [0.5, 0.6) is 0 Å². The molecule has 1 aromatic carbocycles. The van der Waals surface area contributed by atoms with E-state index in [1.807, 2.05) is 79.0 Å². The second kappa shape index (κ2) is 7.36. The Kier molecular flexibility index (Phi) is 5.16. The molecule has 3 rings (SSSR count). The Morgan fingerprint density at radius 1 is 1.00 bits per heavy atom. The van der Waals surface area contributed by atoms with Crippen LogP contribution in [-0.4, -0.2) is 40.4 Å². The molecule has 1 aliphatic rings. The average molecular weight is 353 g/mol. The van der Waals surface area contributed by atoms with Gasteiger partial charge in [0.2, 0.25) is 5.91 Å². The molecule has 2 heterocycles. The monoisotopic (exact) mass is 353 g/mol. The Morgan fingerprint density at radius 2 is 1.58 bits per heavy atom. The summed E-state index contributed by atoms with van der Waals surface area (Å²) in [5.74, 6) is 0.132. The molecule has 1 aliphatic heterocycles. The van der Waals surface area contributed by atoms with E-state index in [1.165, 1.54) is 0 Å². The molecule has 1 N–H and O–H groups in total. The number of benzene rings is 1. The Labute approximate surface area is 155 Å². The summed E-state index contributed by atoms with van der Waals surface area (Å²) in [5.41, 5.74) is 1.34. The molecular weight excluding hydrogens is 326 g/mol. The van der Waals surface area contributed by atoms with E-state index in [4.69, 9.17) is 0 Å². The van der Waals surface area contributed by atoms with Gasteiger partial charge in [-0.25, -0.2) is 0 Å². The first-order valence-electron chi connectivity index (χ1n) is 9.18. The summed E-state index contributed by atoms with van der Waals surface area (Å²) < 4.78 is 2.00. The third kappa shape index (κ3) is 4.15. The number of piperidine rings is 1. The van der Waals surface area contributed by atoms with Gasteiger partial charge < -0.3 is 14.8 Å². The van der Waals surface area contributed by atoms with E-state index in [-0.39, 0.29) is 23.3 Å². The van der Waals surface area contributed by atoms with Gasteiger partial charge in [-0.15, -0.1) is 0 Å². The van der Waals surface area contributed by atoms with Crippen molar-refractivity contribution in [3.05, 3.63) is 54.4 Å². The van der Waals surface area contributed by atoms with E-state index in [9.17, 15) is 9.59 Å². The van der Waals surface area contributed by atoms with Crippen molar-refractivity contribution in [2.24, 2.45) is 5.41 Å². The highest BCUT2D eigenvalue weighted by atomic mass is 16.2. The van der Waals surface area contributed by atoms with Crippen LogP contribution in [0.2, 0.25) is 0 Å². The molecule has 0 radical (unpaired) electrons. The standard InChI is InChI=1S/C21H27N3O2/c1-21(2,3)20(26)24-14-10-17(11-15-24)22-19(25)16-6-8-18(9-7-16)23-12-4-5-13-23/h4-9,12-13,17H,10-11,14-15H2,1-3H3,(H,22,25). The van der Waals surface area contributed by atoms with Gasteiger partial charge in [0.1, 0.15) is 0 Å². The number of hydrogen-bond acceptors (Lipinski definition) is 2. The van der Waals surface area contributed by atoms with Gasteiger partial charge in [0.05, 0.1) is 0 Å². The number of carbonyl (C=O) groups excluding carboxylic acids is 2. The number of nitrogens with zero attached hydrogens (tertiary/aromatic N) is 2. The first-order chi connectivity index (χ1) is 12.3. The predicted octanol–water partition coefficient (Wildman–Crippen LogP) is 3.24. The summed E-state index contributed by atoms with van der Waals surface area (Å²) in [5, 5.41) is 3.10. The SMILES string of the molecule is CC(C)(C)C(=O)N1CCC(NC(=O)c2ccc(-n3cccc3)cc2)CC1. The Hall–Kier alpha value is -2.56. The highest BCUT2D eigenvalue weighted by molar-refractivity contribution is 5.94. The van der Waals surface area contributed by atoms with Gasteiger partial charge in [-0.3, -0.25) is 9.59 Å². The van der Waals surface area contributed by atoms with Crippen LogP contribution in [0, 0.1) is 5.41 Å². The zero-order valence-electron chi connectivity index (χ0n) is 15.7. The Bertz CT molecular complexity index is 750. The maximum atomic E-state index is 12.5. The van der Waals surface area contributed by atoms with E-state index < -0.39 is 0 Å². The molecule has 0 bridgehead atoms. The predicted molar refractivity (Wildman–Crippen MR) is 102 cm³/mol. The lowest BCUT2D eigenvalue weighted by Gasteiger charge is -2.36. The fraction of sp³-hybridized carbons (Fsp3) is 0.429. The summed E-state index contributed by atoms with van der Waals surface area (Å²) in [6.07, 6.45) is 5.55. The normalized spacial score (nSPS) is 15.7. The Morgan fingerprint density at radius 3 is 2.12 bits per heavy atom. The summed E-state index contributed by atoms with van der Waals surface area (Å²) in [6, 6.07) is 11.6. The fourth-order valence-corrected chi connectivity index (χ4v) is 3.26. The molecule has 26 heavy (non-hydrogen) atoms. The number of carbonyl (C=O) groups is 2. The summed E-state index contributed by atoms with van der Waals surface area (Å²) >= 11 is 0. The van der Waals surface area contributed by atoms with Crippen LogP contribution in [0.3, 0.4) is 0 Å². The molecule has 0 aliphatic carbocycles. The molecule has 0 saturated carbocycles. The minimum absolute atomic E-state index is 0.0512. The van der Waals surface area contributed by atoms with Gasteiger partial charge in [0.25, 0.3) is 5.91 Å². The van der Waals surface area contributed by atoms with Crippen LogP contribution in [0.15, 0.2) is 48.8 Å². The first kappa shape index (κ1) is 18.2. The van der Waals surface area contributed by atoms with Gasteiger partial charge in [-0.05, 0) is 49.2 Å². The van der Waals surface area contributed by atoms with E-state index in [2.05, 4.69) is 5.32 Å². The smallest absolute Gasteiger partial charge is 0.251 e. The maximum absolute atomic E-state index is 12.5. The largest absolute Gasteiger partial charge is 0.349 e. The van der Waals surface area contributed by atoms with Crippen LogP contribution in [-0.2, 0) is 4.79 Å². The van der Waals surface area contributed by atoms with Gasteiger partial charge in [-0.2, -0.15) is 0 Å². The number of hydrogen-bond donors (Lipinski definition) is 1. The number of amides is 2. The second-order valence-electron chi connectivity index (χ2n) is 7.93. The molecular formula is C21H27N3O2. The van der Waals surface area contributed by atoms with E-state index in [1.54, 1.807) is 0 Å². The topological polar surface area (TPSA) is 54.3 Å². The highest BCUT2D eigenvalue weighted by Gasteiger charge is 2.30. The summed E-state index contributed by atoms with van der Waals surface area (Å²) in [4.78, 5) is 26.7. The van der Waals surface area contributed by atoms with Crippen molar-refractivity contribution in [3.8, 4) is 5.69 Å². The summed E-state index contributed by atoms with van der Waals surface area (Å²) in [7, 11) is 0. The third-order valence-corrected chi connectivity index (χ3v) is 4.79. The van der Waals surface area contributed by atoms with Gasteiger partial charge in [0, 0.05) is 48.2 Å². The van der Waals surface area contributed by atoms with Gasteiger partial charge in [-0.1, -0.05) is 20.8 Å². The molecule has 2 amide bonds. The van der Waals surface area contributed by atoms with E-state index in [0.717, 1.165) is 18.5 Å². The van der Waals surface area contributed by atoms with Crippen molar-refractivity contribution in [3.63, 3.8) is 0 Å². The lowest BCUT2D eigenvalue weighted by atomic mass is 9.93. The van der Waals surface area contributed by atoms with Crippen molar-refractivity contribution >= 4 is 11.8 Å². The quantitative estimate of drug-likeness (QED) is 0.921. The minimum Gasteiger partial charge on any atom is -0.349 e. The lowest BCUT2D eigenvalue weighted by Crippen LogP contribution is -2.49. The van der Waals surface area contributed by atoms with Crippen molar-refractivity contribution in [1.82, 2.24) is 14.8 Å². The minimum atomic E-state index is -0.350. The van der Waals surface area contributed by atoms with Crippen LogP contribution in [0.1, 0.15) is 44.0 Å². The fourth-order valence-electron chi connectivity index (χ4n) is 3.26. The van der Waals surface area contributed by atoms with Crippen molar-refractivity contribution < 1.29 is 9.59 Å². The van der Waals surface area contributed by atoms with E-state index >= 15 is 0 Å². The molecule has 0 atom stereocenters. The molecule has 2 aromatic rings. The third-order valence-electron chi connectivity index (χ3n) is 4.79. The number of nitrogens with one attached hydrogen (secondary N) is 1. The number of likely N-dealkylation sites (tertiary alicyclic amines) is 1. The van der Waals surface area contributed by atoms with Gasteiger partial charge >= 0.3 is 0 Å². The maximum Gasteiger partial charge on any atom is 0.251 e.